The maximum absolute atomic E-state index is 11.6. The van der Waals surface area contributed by atoms with E-state index in [0.717, 1.165) is 5.69 Å². The van der Waals surface area contributed by atoms with Crippen molar-refractivity contribution in [3.63, 3.8) is 0 Å². The van der Waals surface area contributed by atoms with E-state index in [0.29, 0.717) is 35.2 Å². The number of hydrogen-bond acceptors (Lipinski definition) is 5. The van der Waals surface area contributed by atoms with Crippen LogP contribution in [-0.4, -0.2) is 44.3 Å². The van der Waals surface area contributed by atoms with Crippen molar-refractivity contribution in [1.82, 2.24) is 15.2 Å². The number of nitrogens with one attached hydrogen (secondary N) is 1. The summed E-state index contributed by atoms with van der Waals surface area (Å²) in [5.41, 5.74) is 1.51. The number of rotatable bonds is 7. The summed E-state index contributed by atoms with van der Waals surface area (Å²) in [4.78, 5) is 18.1. The van der Waals surface area contributed by atoms with Gasteiger partial charge in [-0.1, -0.05) is 24.3 Å². The van der Waals surface area contributed by atoms with Gasteiger partial charge in [-0.25, -0.2) is 4.79 Å². The fraction of sp³-hybridized carbons (Fsp3) is 0.227. The van der Waals surface area contributed by atoms with Crippen LogP contribution in [0.15, 0.2) is 65.2 Å². The Morgan fingerprint density at radius 1 is 1.17 bits per heavy atom. The number of aliphatic hydroxyl groups excluding tert-OH is 1. The standard InChI is InChI=1S/C22H21N3O4S/c26-13-5-12-25-20(19(24-22(25)30)16-8-3-4-11-23-16)18-10-9-17(29-18)14-6-1-2-7-15(14)21(27)28/h1-4,6-11,19-20,26H,5,12-13H2,(H,24,30)(H,27,28)/t19-,20-/m1/s1. The molecule has 0 aliphatic carbocycles. The third-order valence-electron chi connectivity index (χ3n) is 5.10. The van der Waals surface area contributed by atoms with Crippen molar-refractivity contribution < 1.29 is 19.4 Å². The molecule has 1 fully saturated rings. The lowest BCUT2D eigenvalue weighted by atomic mass is 10.0. The Morgan fingerprint density at radius 2 is 1.97 bits per heavy atom. The molecule has 3 heterocycles. The van der Waals surface area contributed by atoms with Gasteiger partial charge in [0.15, 0.2) is 5.11 Å². The van der Waals surface area contributed by atoms with Crippen molar-refractivity contribution in [3.05, 3.63) is 77.8 Å². The molecule has 1 aromatic carbocycles. The van der Waals surface area contributed by atoms with Gasteiger partial charge in [0, 0.05) is 24.9 Å². The number of aliphatic hydroxyl groups is 1. The molecule has 0 bridgehead atoms. The van der Waals surface area contributed by atoms with Gasteiger partial charge in [-0.15, -0.1) is 0 Å². The van der Waals surface area contributed by atoms with Gasteiger partial charge in [-0.05, 0) is 49.0 Å². The second-order valence-corrected chi connectivity index (χ2v) is 7.34. The number of nitrogens with zero attached hydrogens (tertiary/aromatic N) is 2. The molecule has 0 amide bonds. The molecular formula is C22H21N3O4S. The fourth-order valence-corrected chi connectivity index (χ4v) is 4.07. The summed E-state index contributed by atoms with van der Waals surface area (Å²) in [6.45, 7) is 0.605. The van der Waals surface area contributed by atoms with Crippen LogP contribution < -0.4 is 5.32 Å². The second-order valence-electron chi connectivity index (χ2n) is 6.95. The number of aromatic nitrogens is 1. The van der Waals surface area contributed by atoms with Crippen molar-refractivity contribution in [3.8, 4) is 11.3 Å². The van der Waals surface area contributed by atoms with Crippen LogP contribution in [-0.2, 0) is 0 Å². The lowest BCUT2D eigenvalue weighted by Gasteiger charge is -2.25. The molecule has 0 unspecified atom stereocenters. The van der Waals surface area contributed by atoms with Gasteiger partial charge < -0.3 is 24.8 Å². The SMILES string of the molecule is O=C(O)c1ccccc1-c1ccc([C@@H]2[C@@H](c3ccccn3)NC(=S)N2CCCO)o1. The normalized spacial score (nSPS) is 18.4. The van der Waals surface area contributed by atoms with Gasteiger partial charge in [0.05, 0.1) is 17.3 Å². The third kappa shape index (κ3) is 3.79. The molecule has 154 valence electrons. The highest BCUT2D eigenvalue weighted by Crippen LogP contribution is 2.40. The topological polar surface area (TPSA) is 98.8 Å². The second kappa shape index (κ2) is 8.64. The van der Waals surface area contributed by atoms with E-state index in [4.69, 9.17) is 16.6 Å². The van der Waals surface area contributed by atoms with Gasteiger partial charge in [0.25, 0.3) is 0 Å². The van der Waals surface area contributed by atoms with Crippen molar-refractivity contribution in [1.29, 1.82) is 0 Å². The van der Waals surface area contributed by atoms with E-state index < -0.39 is 5.97 Å². The average molecular weight is 423 g/mol. The Morgan fingerprint density at radius 3 is 2.70 bits per heavy atom. The number of carboxylic acids is 1. The molecule has 4 rings (SSSR count). The Hall–Kier alpha value is -3.23. The first-order valence-corrected chi connectivity index (χ1v) is 10.0. The molecule has 2 aromatic heterocycles. The highest BCUT2D eigenvalue weighted by Gasteiger charge is 2.41. The predicted molar refractivity (Wildman–Crippen MR) is 115 cm³/mol. The fourth-order valence-electron chi connectivity index (χ4n) is 3.74. The summed E-state index contributed by atoms with van der Waals surface area (Å²) < 4.78 is 6.16. The van der Waals surface area contributed by atoms with Crippen LogP contribution in [0.5, 0.6) is 0 Å². The van der Waals surface area contributed by atoms with Gasteiger partial charge in [-0.2, -0.15) is 0 Å². The monoisotopic (exact) mass is 423 g/mol. The number of furan rings is 1. The summed E-state index contributed by atoms with van der Waals surface area (Å²) in [6.07, 6.45) is 2.28. The van der Waals surface area contributed by atoms with Crippen LogP contribution in [0.3, 0.4) is 0 Å². The molecule has 8 heteroatoms. The largest absolute Gasteiger partial charge is 0.478 e. The van der Waals surface area contributed by atoms with Crippen LogP contribution in [0.1, 0.15) is 40.3 Å². The third-order valence-corrected chi connectivity index (χ3v) is 5.45. The lowest BCUT2D eigenvalue weighted by Crippen LogP contribution is -2.30. The molecule has 7 nitrogen and oxygen atoms in total. The quantitative estimate of drug-likeness (QED) is 0.498. The molecule has 30 heavy (non-hydrogen) atoms. The van der Waals surface area contributed by atoms with E-state index >= 15 is 0 Å². The molecule has 2 atom stereocenters. The maximum atomic E-state index is 11.6. The summed E-state index contributed by atoms with van der Waals surface area (Å²) >= 11 is 5.55. The number of thiocarbonyl (C=S) groups is 1. The van der Waals surface area contributed by atoms with Crippen molar-refractivity contribution in [2.75, 3.05) is 13.2 Å². The van der Waals surface area contributed by atoms with Crippen LogP contribution in [0.2, 0.25) is 0 Å². The summed E-state index contributed by atoms with van der Waals surface area (Å²) in [7, 11) is 0. The van der Waals surface area contributed by atoms with Crippen LogP contribution >= 0.6 is 12.2 Å². The van der Waals surface area contributed by atoms with E-state index in [1.807, 2.05) is 29.2 Å². The zero-order chi connectivity index (χ0) is 21.1. The molecule has 3 aromatic rings. The van der Waals surface area contributed by atoms with Crippen LogP contribution in [0, 0.1) is 0 Å². The highest BCUT2D eigenvalue weighted by atomic mass is 32.1. The maximum Gasteiger partial charge on any atom is 0.336 e. The summed E-state index contributed by atoms with van der Waals surface area (Å²) in [5, 5.41) is 22.7. The average Bonchev–Trinajstić information content (AvgIpc) is 3.37. The number of aromatic carboxylic acids is 1. The molecule has 0 radical (unpaired) electrons. The minimum atomic E-state index is -1.01. The van der Waals surface area contributed by atoms with Gasteiger partial charge >= 0.3 is 5.97 Å². The number of carbonyl (C=O) groups is 1. The van der Waals surface area contributed by atoms with Crippen molar-refractivity contribution in [2.45, 2.75) is 18.5 Å². The van der Waals surface area contributed by atoms with E-state index in [1.54, 1.807) is 36.5 Å². The Bertz CT molecular complexity index is 1050. The van der Waals surface area contributed by atoms with Gasteiger partial charge in [-0.3, -0.25) is 4.98 Å². The first-order chi connectivity index (χ1) is 14.6. The number of benzene rings is 1. The van der Waals surface area contributed by atoms with Crippen LogP contribution in [0.25, 0.3) is 11.3 Å². The first kappa shape index (κ1) is 20.1. The van der Waals surface area contributed by atoms with E-state index in [1.165, 1.54) is 0 Å². The summed E-state index contributed by atoms with van der Waals surface area (Å²) in [5.74, 6) is 0.108. The highest BCUT2D eigenvalue weighted by molar-refractivity contribution is 7.80. The molecule has 3 N–H and O–H groups in total. The van der Waals surface area contributed by atoms with E-state index in [2.05, 4.69) is 10.3 Å². The molecule has 1 aliphatic rings. The van der Waals surface area contributed by atoms with E-state index in [-0.39, 0.29) is 24.3 Å². The van der Waals surface area contributed by atoms with E-state index in [9.17, 15) is 15.0 Å². The predicted octanol–water partition coefficient (Wildman–Crippen LogP) is 3.39. The smallest absolute Gasteiger partial charge is 0.336 e. The number of hydrogen-bond donors (Lipinski definition) is 3. The molecule has 1 aliphatic heterocycles. The zero-order valence-electron chi connectivity index (χ0n) is 16.1. The summed E-state index contributed by atoms with van der Waals surface area (Å²) in [6, 6.07) is 15.5. The zero-order valence-corrected chi connectivity index (χ0v) is 16.9. The molecule has 1 saturated heterocycles. The Balaban J connectivity index is 1.74. The van der Waals surface area contributed by atoms with Crippen LogP contribution in [0.4, 0.5) is 0 Å². The van der Waals surface area contributed by atoms with Crippen molar-refractivity contribution >= 4 is 23.3 Å². The lowest BCUT2D eigenvalue weighted by molar-refractivity contribution is 0.0697. The Kier molecular flexibility index (Phi) is 5.78. The number of carboxylic acid groups (broad SMARTS) is 1. The Labute approximate surface area is 179 Å². The molecule has 0 saturated carbocycles. The van der Waals surface area contributed by atoms with Crippen molar-refractivity contribution in [2.24, 2.45) is 0 Å². The molecule has 0 spiro atoms. The number of pyridine rings is 1. The minimum absolute atomic E-state index is 0.0511. The first-order valence-electron chi connectivity index (χ1n) is 9.61. The van der Waals surface area contributed by atoms with Gasteiger partial charge in [0.2, 0.25) is 0 Å². The van der Waals surface area contributed by atoms with Gasteiger partial charge in [0.1, 0.15) is 17.6 Å². The molecular weight excluding hydrogens is 402 g/mol. The minimum Gasteiger partial charge on any atom is -0.478 e.